The van der Waals surface area contributed by atoms with Gasteiger partial charge in [0.25, 0.3) is 5.91 Å². The number of nitrogens with zero attached hydrogens (tertiary/aromatic N) is 1. The van der Waals surface area contributed by atoms with E-state index in [1.165, 1.54) is 24.8 Å². The maximum Gasteiger partial charge on any atom is 0.342 e. The number of hydrogen-bond donors (Lipinski definition) is 1. The van der Waals surface area contributed by atoms with Crippen LogP contribution in [0.2, 0.25) is 0 Å². The normalized spacial score (nSPS) is 14.3. The third kappa shape index (κ3) is 3.64. The Morgan fingerprint density at radius 2 is 1.88 bits per heavy atom. The highest BCUT2D eigenvalue weighted by Gasteiger charge is 2.27. The number of benzene rings is 2. The molecule has 26 heavy (non-hydrogen) atoms. The molecule has 0 saturated carbocycles. The first-order valence-electron chi connectivity index (χ1n) is 8.43. The van der Waals surface area contributed by atoms with Crippen molar-refractivity contribution in [3.8, 4) is 11.5 Å². The lowest BCUT2D eigenvalue weighted by molar-refractivity contribution is -0.140. The lowest BCUT2D eigenvalue weighted by Gasteiger charge is -2.30. The van der Waals surface area contributed by atoms with E-state index in [-0.39, 0.29) is 17.2 Å². The number of carbonyl (C=O) groups excluding carboxylic acids is 2. The molecule has 0 unspecified atom stereocenters. The van der Waals surface area contributed by atoms with Crippen molar-refractivity contribution in [3.63, 3.8) is 0 Å². The minimum Gasteiger partial charge on any atom is -0.507 e. The fraction of sp³-hybridized carbons (Fsp3) is 0.300. The number of amides is 1. The summed E-state index contributed by atoms with van der Waals surface area (Å²) < 4.78 is 10.2. The van der Waals surface area contributed by atoms with E-state index < -0.39 is 12.1 Å². The van der Waals surface area contributed by atoms with Gasteiger partial charge in [0.05, 0.1) is 7.11 Å². The highest BCUT2D eigenvalue weighted by molar-refractivity contribution is 5.94. The number of aromatic hydroxyl groups is 1. The number of esters is 1. The summed E-state index contributed by atoms with van der Waals surface area (Å²) in [6, 6.07) is 12.3. The summed E-state index contributed by atoms with van der Waals surface area (Å²) in [6.07, 6.45) is -0.156. The molecule has 1 amide bonds. The molecule has 0 saturated heterocycles. The van der Waals surface area contributed by atoms with Crippen LogP contribution in [0, 0.1) is 0 Å². The van der Waals surface area contributed by atoms with Crippen molar-refractivity contribution in [2.75, 3.05) is 13.7 Å². The van der Waals surface area contributed by atoms with E-state index in [9.17, 15) is 14.7 Å². The molecule has 1 N–H and O–H groups in total. The van der Waals surface area contributed by atoms with Crippen LogP contribution in [0.5, 0.6) is 11.5 Å². The standard InChI is InChI=1S/C20H21NO5/c1-13(26-20(24)17-8-7-16(25-2)11-18(17)22)19(23)21-10-9-14-5-3-4-6-15(14)12-21/h3-8,11,13,22H,9-10,12H2,1-2H3/t13-/m1/s1. The molecule has 0 aliphatic carbocycles. The summed E-state index contributed by atoms with van der Waals surface area (Å²) in [6.45, 7) is 2.64. The Morgan fingerprint density at radius 3 is 2.58 bits per heavy atom. The minimum atomic E-state index is -0.936. The lowest BCUT2D eigenvalue weighted by Crippen LogP contribution is -2.42. The second-order valence-corrected chi connectivity index (χ2v) is 6.21. The maximum absolute atomic E-state index is 12.6. The van der Waals surface area contributed by atoms with Crippen molar-refractivity contribution in [2.45, 2.75) is 26.0 Å². The fourth-order valence-electron chi connectivity index (χ4n) is 3.03. The number of hydrogen-bond acceptors (Lipinski definition) is 5. The lowest BCUT2D eigenvalue weighted by atomic mass is 9.99. The minimum absolute atomic E-state index is 0.00515. The first-order chi connectivity index (χ1) is 12.5. The van der Waals surface area contributed by atoms with Gasteiger partial charge in [-0.3, -0.25) is 4.79 Å². The highest BCUT2D eigenvalue weighted by Crippen LogP contribution is 2.25. The predicted molar refractivity (Wildman–Crippen MR) is 95.1 cm³/mol. The Balaban J connectivity index is 1.65. The van der Waals surface area contributed by atoms with Crippen molar-refractivity contribution in [1.82, 2.24) is 4.90 Å². The Bertz CT molecular complexity index is 833. The molecule has 2 aromatic rings. The molecule has 1 aliphatic rings. The van der Waals surface area contributed by atoms with Crippen LogP contribution in [-0.4, -0.2) is 41.6 Å². The van der Waals surface area contributed by atoms with Crippen molar-refractivity contribution in [2.24, 2.45) is 0 Å². The second-order valence-electron chi connectivity index (χ2n) is 6.21. The Morgan fingerprint density at radius 1 is 1.15 bits per heavy atom. The molecular weight excluding hydrogens is 334 g/mol. The SMILES string of the molecule is COc1ccc(C(=O)O[C@H](C)C(=O)N2CCc3ccccc3C2)c(O)c1. The Hall–Kier alpha value is -3.02. The monoisotopic (exact) mass is 355 g/mol. The number of carbonyl (C=O) groups is 2. The van der Waals surface area contributed by atoms with E-state index in [1.54, 1.807) is 17.9 Å². The summed E-state index contributed by atoms with van der Waals surface area (Å²) in [5.41, 5.74) is 2.34. The van der Waals surface area contributed by atoms with Gasteiger partial charge in [0.2, 0.25) is 0 Å². The first-order valence-corrected chi connectivity index (χ1v) is 8.43. The summed E-state index contributed by atoms with van der Waals surface area (Å²) in [4.78, 5) is 26.6. The number of phenolic OH excluding ortho intramolecular Hbond substituents is 1. The predicted octanol–water partition coefficient (Wildman–Crippen LogP) is 2.53. The Kier molecular flexibility index (Phi) is 5.11. The molecule has 0 spiro atoms. The third-order valence-corrected chi connectivity index (χ3v) is 4.50. The van der Waals surface area contributed by atoms with Crippen molar-refractivity contribution in [3.05, 3.63) is 59.2 Å². The molecule has 1 heterocycles. The Labute approximate surface area is 152 Å². The van der Waals surface area contributed by atoms with E-state index in [1.807, 2.05) is 18.2 Å². The number of methoxy groups -OCH3 is 1. The average molecular weight is 355 g/mol. The number of rotatable bonds is 4. The smallest absolute Gasteiger partial charge is 0.342 e. The fourth-order valence-corrected chi connectivity index (χ4v) is 3.03. The summed E-state index contributed by atoms with van der Waals surface area (Å²) in [7, 11) is 1.46. The zero-order valence-electron chi connectivity index (χ0n) is 14.8. The van der Waals surface area contributed by atoms with Gasteiger partial charge in [-0.25, -0.2) is 4.79 Å². The number of ether oxygens (including phenoxy) is 2. The van der Waals surface area contributed by atoms with Crippen LogP contribution in [0.15, 0.2) is 42.5 Å². The van der Waals surface area contributed by atoms with Gasteiger partial charge in [0, 0.05) is 19.2 Å². The second kappa shape index (κ2) is 7.47. The number of fused-ring (bicyclic) bond motifs is 1. The molecule has 6 nitrogen and oxygen atoms in total. The van der Waals surface area contributed by atoms with E-state index in [0.717, 1.165) is 12.0 Å². The van der Waals surface area contributed by atoms with Gasteiger partial charge < -0.3 is 19.5 Å². The van der Waals surface area contributed by atoms with Gasteiger partial charge in [-0.1, -0.05) is 24.3 Å². The van der Waals surface area contributed by atoms with Crippen LogP contribution in [0.4, 0.5) is 0 Å². The molecular formula is C20H21NO5. The van der Waals surface area contributed by atoms with Gasteiger partial charge in [0.1, 0.15) is 17.1 Å². The zero-order chi connectivity index (χ0) is 18.7. The third-order valence-electron chi connectivity index (χ3n) is 4.50. The van der Waals surface area contributed by atoms with Crippen LogP contribution < -0.4 is 4.74 Å². The van der Waals surface area contributed by atoms with Crippen molar-refractivity contribution < 1.29 is 24.2 Å². The molecule has 1 aliphatic heterocycles. The summed E-state index contributed by atoms with van der Waals surface area (Å²) in [5.74, 6) is -0.819. The van der Waals surface area contributed by atoms with Crippen LogP contribution in [0.3, 0.4) is 0 Å². The molecule has 2 aromatic carbocycles. The number of phenols is 1. The first kappa shape index (κ1) is 17.8. The summed E-state index contributed by atoms with van der Waals surface area (Å²) >= 11 is 0. The molecule has 0 radical (unpaired) electrons. The summed E-state index contributed by atoms with van der Waals surface area (Å²) in [5, 5.41) is 9.93. The van der Waals surface area contributed by atoms with Crippen LogP contribution in [0.1, 0.15) is 28.4 Å². The molecule has 3 rings (SSSR count). The van der Waals surface area contributed by atoms with Crippen LogP contribution >= 0.6 is 0 Å². The quantitative estimate of drug-likeness (QED) is 0.853. The van der Waals surface area contributed by atoms with Crippen molar-refractivity contribution >= 4 is 11.9 Å². The topological polar surface area (TPSA) is 76.1 Å². The van der Waals surface area contributed by atoms with Gasteiger partial charge in [-0.2, -0.15) is 0 Å². The van der Waals surface area contributed by atoms with Gasteiger partial charge in [-0.15, -0.1) is 0 Å². The van der Waals surface area contributed by atoms with Gasteiger partial charge in [0.15, 0.2) is 6.10 Å². The van der Waals surface area contributed by atoms with E-state index in [4.69, 9.17) is 9.47 Å². The average Bonchev–Trinajstić information content (AvgIpc) is 2.66. The molecule has 6 heteroatoms. The van der Waals surface area contributed by atoms with Crippen LogP contribution in [-0.2, 0) is 22.5 Å². The molecule has 1 atom stereocenters. The molecule has 0 fully saturated rings. The van der Waals surface area contributed by atoms with E-state index in [2.05, 4.69) is 6.07 Å². The molecule has 136 valence electrons. The highest BCUT2D eigenvalue weighted by atomic mass is 16.5. The van der Waals surface area contributed by atoms with E-state index in [0.29, 0.717) is 18.8 Å². The zero-order valence-corrected chi connectivity index (χ0v) is 14.8. The van der Waals surface area contributed by atoms with Gasteiger partial charge >= 0.3 is 5.97 Å². The van der Waals surface area contributed by atoms with Crippen LogP contribution in [0.25, 0.3) is 0 Å². The van der Waals surface area contributed by atoms with Crippen molar-refractivity contribution in [1.29, 1.82) is 0 Å². The van der Waals surface area contributed by atoms with E-state index >= 15 is 0 Å². The molecule has 0 aromatic heterocycles. The molecule has 0 bridgehead atoms. The largest absolute Gasteiger partial charge is 0.507 e. The maximum atomic E-state index is 12.6. The van der Waals surface area contributed by atoms with Gasteiger partial charge in [-0.05, 0) is 36.6 Å².